The minimum Gasteiger partial charge on any atom is -0.490 e. The molecule has 0 atom stereocenters. The first-order valence-electron chi connectivity index (χ1n) is 8.64. The second-order valence-corrected chi connectivity index (χ2v) is 6.72. The molecule has 0 aliphatic heterocycles. The minimum atomic E-state index is -2.83. The summed E-state index contributed by atoms with van der Waals surface area (Å²) in [6, 6.07) is 11.2. The molecule has 0 spiro atoms. The zero-order valence-electron chi connectivity index (χ0n) is 15.4. The molecule has 3 aromatic rings. The van der Waals surface area contributed by atoms with Crippen molar-refractivity contribution in [3.63, 3.8) is 0 Å². The topological polar surface area (TPSA) is 56.1 Å². The Morgan fingerprint density at radius 3 is 2.67 bits per heavy atom. The smallest absolute Gasteiger partial charge is 0.282 e. The molecule has 1 amide bonds. The van der Waals surface area contributed by atoms with Crippen molar-refractivity contribution < 1.29 is 18.3 Å². The molecule has 0 radical (unpaired) electrons. The Balaban J connectivity index is 1.99. The van der Waals surface area contributed by atoms with Gasteiger partial charge in [-0.05, 0) is 17.4 Å². The Hall–Kier alpha value is -2.96. The standard InChI is InChI=1S/C20H21F2N3O2/c1-12(2)11-27-18-14-7-5-4-6-13(14)8-9-16(18)23-20(26)15-10-25(3)24-17(15)19(21)22/h4-10,12,19H,11H2,1-3H3,(H,23,26). The number of carbonyl (C=O) groups is 1. The van der Waals surface area contributed by atoms with Gasteiger partial charge in [0.15, 0.2) is 5.75 Å². The molecule has 0 saturated heterocycles. The van der Waals surface area contributed by atoms with Gasteiger partial charge in [-0.15, -0.1) is 0 Å². The van der Waals surface area contributed by atoms with Crippen LogP contribution in [-0.4, -0.2) is 22.3 Å². The maximum atomic E-state index is 13.2. The van der Waals surface area contributed by atoms with Gasteiger partial charge in [-0.3, -0.25) is 9.48 Å². The van der Waals surface area contributed by atoms with Gasteiger partial charge < -0.3 is 10.1 Å². The number of aromatic nitrogens is 2. The van der Waals surface area contributed by atoms with E-state index in [9.17, 15) is 13.6 Å². The van der Waals surface area contributed by atoms with E-state index in [1.165, 1.54) is 17.9 Å². The first kappa shape index (κ1) is 18.8. The third-order valence-electron chi connectivity index (χ3n) is 4.00. The fraction of sp³-hybridized carbons (Fsp3) is 0.300. The second-order valence-electron chi connectivity index (χ2n) is 6.72. The van der Waals surface area contributed by atoms with E-state index >= 15 is 0 Å². The van der Waals surface area contributed by atoms with Gasteiger partial charge in [-0.2, -0.15) is 5.10 Å². The normalized spacial score (nSPS) is 11.4. The third-order valence-corrected chi connectivity index (χ3v) is 4.00. The molecule has 0 saturated carbocycles. The maximum absolute atomic E-state index is 13.2. The molecular weight excluding hydrogens is 352 g/mol. The number of ether oxygens (including phenoxy) is 1. The number of nitrogens with one attached hydrogen (secondary N) is 1. The van der Waals surface area contributed by atoms with Crippen LogP contribution in [0, 0.1) is 5.92 Å². The molecule has 7 heteroatoms. The van der Waals surface area contributed by atoms with Crippen molar-refractivity contribution in [3.8, 4) is 5.75 Å². The van der Waals surface area contributed by atoms with Crippen LogP contribution in [0.5, 0.6) is 5.75 Å². The summed E-state index contributed by atoms with van der Waals surface area (Å²) in [6.07, 6.45) is -1.55. The zero-order valence-corrected chi connectivity index (χ0v) is 15.4. The molecule has 5 nitrogen and oxygen atoms in total. The molecule has 3 rings (SSSR count). The lowest BCUT2D eigenvalue weighted by Gasteiger charge is -2.16. The van der Waals surface area contributed by atoms with Crippen LogP contribution in [0.4, 0.5) is 14.5 Å². The number of hydrogen-bond acceptors (Lipinski definition) is 3. The highest BCUT2D eigenvalue weighted by Crippen LogP contribution is 2.35. The van der Waals surface area contributed by atoms with Gasteiger partial charge in [0.2, 0.25) is 0 Å². The summed E-state index contributed by atoms with van der Waals surface area (Å²) in [5.41, 5.74) is -0.265. The van der Waals surface area contributed by atoms with Crippen molar-refractivity contribution in [3.05, 3.63) is 53.9 Å². The highest BCUT2D eigenvalue weighted by molar-refractivity contribution is 6.07. The molecular formula is C20H21F2N3O2. The van der Waals surface area contributed by atoms with E-state index in [1.807, 2.05) is 44.2 Å². The van der Waals surface area contributed by atoms with E-state index in [4.69, 9.17) is 4.74 Å². The highest BCUT2D eigenvalue weighted by atomic mass is 19.3. The van der Waals surface area contributed by atoms with Crippen LogP contribution < -0.4 is 10.1 Å². The molecule has 0 bridgehead atoms. The number of halogens is 2. The lowest BCUT2D eigenvalue weighted by Crippen LogP contribution is -2.15. The average Bonchev–Trinajstić information content (AvgIpc) is 3.02. The quantitative estimate of drug-likeness (QED) is 0.675. The molecule has 0 aliphatic carbocycles. The van der Waals surface area contributed by atoms with Crippen LogP contribution in [0.1, 0.15) is 36.3 Å². The number of aryl methyl sites for hydroxylation is 1. The Kier molecular flexibility index (Phi) is 5.39. The Labute approximate surface area is 155 Å². The zero-order chi connectivity index (χ0) is 19.6. The maximum Gasteiger partial charge on any atom is 0.282 e. The molecule has 0 aliphatic rings. The number of hydrogen-bond donors (Lipinski definition) is 1. The van der Waals surface area contributed by atoms with Gasteiger partial charge in [0.05, 0.1) is 17.9 Å². The first-order valence-corrected chi connectivity index (χ1v) is 8.64. The van der Waals surface area contributed by atoms with Gasteiger partial charge in [-0.25, -0.2) is 8.78 Å². The summed E-state index contributed by atoms with van der Waals surface area (Å²) in [7, 11) is 1.50. The number of benzene rings is 2. The number of amides is 1. The van der Waals surface area contributed by atoms with Crippen LogP contribution in [0.15, 0.2) is 42.6 Å². The largest absolute Gasteiger partial charge is 0.490 e. The van der Waals surface area contributed by atoms with E-state index in [2.05, 4.69) is 10.4 Å². The van der Waals surface area contributed by atoms with E-state index in [0.717, 1.165) is 10.8 Å². The fourth-order valence-electron chi connectivity index (χ4n) is 2.78. The summed E-state index contributed by atoms with van der Waals surface area (Å²) in [5, 5.41) is 8.19. The summed E-state index contributed by atoms with van der Waals surface area (Å²) < 4.78 is 33.5. The third kappa shape index (κ3) is 4.07. The van der Waals surface area contributed by atoms with E-state index in [1.54, 1.807) is 6.07 Å². The van der Waals surface area contributed by atoms with Gasteiger partial charge in [-0.1, -0.05) is 44.2 Å². The molecule has 27 heavy (non-hydrogen) atoms. The van der Waals surface area contributed by atoms with Gasteiger partial charge in [0.25, 0.3) is 12.3 Å². The average molecular weight is 373 g/mol. The minimum absolute atomic E-state index is 0.157. The van der Waals surface area contributed by atoms with Crippen LogP contribution in [0.2, 0.25) is 0 Å². The van der Waals surface area contributed by atoms with Crippen molar-refractivity contribution >= 4 is 22.4 Å². The van der Waals surface area contributed by atoms with Crippen molar-refractivity contribution in [1.82, 2.24) is 9.78 Å². The Morgan fingerprint density at radius 1 is 1.22 bits per heavy atom. The van der Waals surface area contributed by atoms with Gasteiger partial charge in [0.1, 0.15) is 5.69 Å². The molecule has 1 N–H and O–H groups in total. The van der Waals surface area contributed by atoms with Crippen molar-refractivity contribution in [2.45, 2.75) is 20.3 Å². The van der Waals surface area contributed by atoms with Gasteiger partial charge in [0, 0.05) is 18.6 Å². The summed E-state index contributed by atoms with van der Waals surface area (Å²) >= 11 is 0. The Bertz CT molecular complexity index is 967. The lowest BCUT2D eigenvalue weighted by atomic mass is 10.1. The summed E-state index contributed by atoms with van der Waals surface area (Å²) in [5.74, 6) is 0.164. The van der Waals surface area contributed by atoms with E-state index < -0.39 is 18.0 Å². The lowest BCUT2D eigenvalue weighted by molar-refractivity contribution is 0.101. The van der Waals surface area contributed by atoms with Crippen molar-refractivity contribution in [2.75, 3.05) is 11.9 Å². The molecule has 142 valence electrons. The predicted molar refractivity (Wildman–Crippen MR) is 100 cm³/mol. The van der Waals surface area contributed by atoms with Crippen LogP contribution in [-0.2, 0) is 7.05 Å². The molecule has 1 heterocycles. The van der Waals surface area contributed by atoms with Crippen LogP contribution in [0.25, 0.3) is 10.8 Å². The van der Waals surface area contributed by atoms with Crippen LogP contribution >= 0.6 is 0 Å². The molecule has 0 fully saturated rings. The number of anilines is 1. The number of nitrogens with zero attached hydrogens (tertiary/aromatic N) is 2. The summed E-state index contributed by atoms with van der Waals surface area (Å²) in [6.45, 7) is 4.51. The van der Waals surface area contributed by atoms with Crippen molar-refractivity contribution in [2.24, 2.45) is 13.0 Å². The predicted octanol–water partition coefficient (Wildman–Crippen LogP) is 4.80. The highest BCUT2D eigenvalue weighted by Gasteiger charge is 2.23. The second kappa shape index (κ2) is 7.73. The molecule has 2 aromatic carbocycles. The number of fused-ring (bicyclic) bond motifs is 1. The molecule has 0 unspecified atom stereocenters. The van der Waals surface area contributed by atoms with Gasteiger partial charge >= 0.3 is 0 Å². The van der Waals surface area contributed by atoms with E-state index in [0.29, 0.717) is 18.0 Å². The number of alkyl halides is 2. The fourth-order valence-corrected chi connectivity index (χ4v) is 2.78. The molecule has 1 aromatic heterocycles. The van der Waals surface area contributed by atoms with Crippen LogP contribution in [0.3, 0.4) is 0 Å². The number of carbonyl (C=O) groups excluding carboxylic acids is 1. The Morgan fingerprint density at radius 2 is 1.96 bits per heavy atom. The SMILES string of the molecule is CC(C)COc1c(NC(=O)c2cn(C)nc2C(F)F)ccc2ccccc12. The van der Waals surface area contributed by atoms with Crippen molar-refractivity contribution in [1.29, 1.82) is 0 Å². The van der Waals surface area contributed by atoms with E-state index in [-0.39, 0.29) is 11.5 Å². The monoisotopic (exact) mass is 373 g/mol. The first-order chi connectivity index (χ1) is 12.9. The number of rotatable bonds is 6. The summed E-state index contributed by atoms with van der Waals surface area (Å²) in [4.78, 5) is 12.6.